The molecule has 2 heterocycles. The van der Waals surface area contributed by atoms with Crippen LogP contribution in [0.1, 0.15) is 24.8 Å². The number of halogens is 1. The van der Waals surface area contributed by atoms with Crippen LogP contribution in [0.15, 0.2) is 24.4 Å². The number of rotatable bonds is 5. The van der Waals surface area contributed by atoms with Crippen LogP contribution < -0.4 is 16.0 Å². The molecule has 1 saturated carbocycles. The first-order valence-electron chi connectivity index (χ1n) is 9.44. The van der Waals surface area contributed by atoms with Gasteiger partial charge in [-0.3, -0.25) is 4.79 Å². The first kappa shape index (κ1) is 18.2. The quantitative estimate of drug-likeness (QED) is 0.825. The van der Waals surface area contributed by atoms with Gasteiger partial charge in [-0.1, -0.05) is 23.7 Å². The van der Waals surface area contributed by atoms with E-state index in [1.165, 1.54) is 0 Å². The Morgan fingerprint density at radius 3 is 2.85 bits per heavy atom. The molecule has 1 aromatic heterocycles. The smallest absolute Gasteiger partial charge is 0.227 e. The molecular weight excluding hydrogens is 362 g/mol. The number of hydrogen-bond acceptors (Lipinski definition) is 5. The largest absolute Gasteiger partial charge is 0.354 e. The summed E-state index contributed by atoms with van der Waals surface area (Å²) in [6, 6.07) is 5.81. The molecular formula is C20H24ClN5O. The third-order valence-corrected chi connectivity index (χ3v) is 5.73. The summed E-state index contributed by atoms with van der Waals surface area (Å²) >= 11 is 6.27. The second-order valence-electron chi connectivity index (χ2n) is 7.49. The molecule has 1 unspecified atom stereocenters. The molecule has 27 heavy (non-hydrogen) atoms. The first-order chi connectivity index (χ1) is 13.0. The monoisotopic (exact) mass is 385 g/mol. The summed E-state index contributed by atoms with van der Waals surface area (Å²) < 4.78 is 0. The Bertz CT molecular complexity index is 867. The van der Waals surface area contributed by atoms with Gasteiger partial charge in [0.25, 0.3) is 0 Å². The molecule has 1 saturated heterocycles. The molecule has 0 bridgehead atoms. The van der Waals surface area contributed by atoms with Gasteiger partial charge in [-0.15, -0.1) is 0 Å². The number of hydrogen-bond donors (Lipinski definition) is 2. The zero-order valence-corrected chi connectivity index (χ0v) is 16.2. The van der Waals surface area contributed by atoms with Crippen molar-refractivity contribution in [1.29, 1.82) is 0 Å². The molecule has 0 spiro atoms. The summed E-state index contributed by atoms with van der Waals surface area (Å²) in [5.41, 5.74) is 8.40. The van der Waals surface area contributed by atoms with E-state index in [4.69, 9.17) is 22.3 Å². The first-order valence-corrected chi connectivity index (χ1v) is 9.82. The highest BCUT2D eigenvalue weighted by Gasteiger charge is 2.31. The second kappa shape index (κ2) is 7.44. The number of benzene rings is 1. The molecule has 1 atom stereocenters. The molecule has 2 aliphatic rings. The maximum absolute atomic E-state index is 12.3. The van der Waals surface area contributed by atoms with Crippen LogP contribution in [0.3, 0.4) is 0 Å². The fourth-order valence-corrected chi connectivity index (χ4v) is 3.55. The highest BCUT2D eigenvalue weighted by atomic mass is 35.5. The molecule has 1 aliphatic carbocycles. The SMILES string of the molecule is Cc1ccc(-c2ncc(NC(=O)C3CC3)c(N3CCC(CN)C3)n2)cc1Cl. The summed E-state index contributed by atoms with van der Waals surface area (Å²) in [6.07, 6.45) is 4.66. The topological polar surface area (TPSA) is 84.1 Å². The normalized spacial score (nSPS) is 19.4. The van der Waals surface area contributed by atoms with E-state index in [1.54, 1.807) is 6.20 Å². The van der Waals surface area contributed by atoms with Gasteiger partial charge >= 0.3 is 0 Å². The minimum Gasteiger partial charge on any atom is -0.354 e. The van der Waals surface area contributed by atoms with Crippen molar-refractivity contribution in [3.63, 3.8) is 0 Å². The summed E-state index contributed by atoms with van der Waals surface area (Å²) in [6.45, 7) is 4.34. The number of nitrogens with one attached hydrogen (secondary N) is 1. The van der Waals surface area contributed by atoms with E-state index in [1.807, 2.05) is 25.1 Å². The number of nitrogens with two attached hydrogens (primary N) is 1. The molecule has 142 valence electrons. The van der Waals surface area contributed by atoms with Crippen molar-refractivity contribution in [3.05, 3.63) is 35.0 Å². The van der Waals surface area contributed by atoms with Crippen LogP contribution in [0.2, 0.25) is 5.02 Å². The van der Waals surface area contributed by atoms with Gasteiger partial charge < -0.3 is 16.0 Å². The maximum atomic E-state index is 12.3. The summed E-state index contributed by atoms with van der Waals surface area (Å²) in [5, 5.41) is 3.71. The van der Waals surface area contributed by atoms with Crippen molar-refractivity contribution in [3.8, 4) is 11.4 Å². The number of carbonyl (C=O) groups excluding carboxylic acids is 1. The summed E-state index contributed by atoms with van der Waals surface area (Å²) in [7, 11) is 0. The Labute approximate surface area is 164 Å². The summed E-state index contributed by atoms with van der Waals surface area (Å²) in [4.78, 5) is 23.8. The third kappa shape index (κ3) is 3.92. The highest BCUT2D eigenvalue weighted by Crippen LogP contribution is 2.34. The van der Waals surface area contributed by atoms with E-state index in [-0.39, 0.29) is 11.8 Å². The lowest BCUT2D eigenvalue weighted by atomic mass is 10.1. The minimum absolute atomic E-state index is 0.0561. The lowest BCUT2D eigenvalue weighted by Crippen LogP contribution is -2.26. The van der Waals surface area contributed by atoms with Crippen LogP contribution in [0.5, 0.6) is 0 Å². The van der Waals surface area contributed by atoms with Crippen molar-refractivity contribution in [2.75, 3.05) is 29.9 Å². The van der Waals surface area contributed by atoms with E-state index in [9.17, 15) is 4.79 Å². The molecule has 0 radical (unpaired) electrons. The van der Waals surface area contributed by atoms with Crippen LogP contribution in [-0.4, -0.2) is 35.5 Å². The lowest BCUT2D eigenvalue weighted by molar-refractivity contribution is -0.117. The lowest BCUT2D eigenvalue weighted by Gasteiger charge is -2.21. The third-order valence-electron chi connectivity index (χ3n) is 5.32. The van der Waals surface area contributed by atoms with Gasteiger partial charge in [0, 0.05) is 29.6 Å². The van der Waals surface area contributed by atoms with Gasteiger partial charge in [-0.05, 0) is 50.3 Å². The Kier molecular flexibility index (Phi) is 5.02. The molecule has 2 aromatic rings. The fraction of sp³-hybridized carbons (Fsp3) is 0.450. The van der Waals surface area contributed by atoms with Crippen LogP contribution in [0, 0.1) is 18.8 Å². The Hall–Kier alpha value is -2.18. The Morgan fingerprint density at radius 1 is 1.37 bits per heavy atom. The van der Waals surface area contributed by atoms with Gasteiger partial charge in [0.2, 0.25) is 5.91 Å². The number of aromatic nitrogens is 2. The van der Waals surface area contributed by atoms with Crippen molar-refractivity contribution in [2.45, 2.75) is 26.2 Å². The van der Waals surface area contributed by atoms with Gasteiger partial charge in [0.1, 0.15) is 5.69 Å². The molecule has 2 fully saturated rings. The van der Waals surface area contributed by atoms with E-state index in [2.05, 4.69) is 15.2 Å². The van der Waals surface area contributed by atoms with E-state index in [0.717, 1.165) is 49.3 Å². The molecule has 1 amide bonds. The highest BCUT2D eigenvalue weighted by molar-refractivity contribution is 6.31. The second-order valence-corrected chi connectivity index (χ2v) is 7.90. The van der Waals surface area contributed by atoms with Crippen LogP contribution in [-0.2, 0) is 4.79 Å². The van der Waals surface area contributed by atoms with Crippen LogP contribution >= 0.6 is 11.6 Å². The Morgan fingerprint density at radius 2 is 2.19 bits per heavy atom. The number of anilines is 2. The average Bonchev–Trinajstić information content (AvgIpc) is 3.42. The summed E-state index contributed by atoms with van der Waals surface area (Å²) in [5.74, 6) is 2.00. The number of carbonyl (C=O) groups is 1. The van der Waals surface area contributed by atoms with E-state index < -0.39 is 0 Å². The number of aryl methyl sites for hydroxylation is 1. The molecule has 4 rings (SSSR count). The predicted octanol–water partition coefficient (Wildman–Crippen LogP) is 3.24. The average molecular weight is 386 g/mol. The zero-order chi connectivity index (χ0) is 19.0. The van der Waals surface area contributed by atoms with Gasteiger partial charge in [-0.25, -0.2) is 9.97 Å². The van der Waals surface area contributed by atoms with E-state index >= 15 is 0 Å². The van der Waals surface area contributed by atoms with Gasteiger partial charge in [0.15, 0.2) is 11.6 Å². The minimum atomic E-state index is 0.0561. The van der Waals surface area contributed by atoms with Crippen molar-refractivity contribution in [2.24, 2.45) is 17.6 Å². The van der Waals surface area contributed by atoms with Crippen molar-refractivity contribution < 1.29 is 4.79 Å². The fourth-order valence-electron chi connectivity index (χ4n) is 3.37. The zero-order valence-electron chi connectivity index (χ0n) is 15.4. The maximum Gasteiger partial charge on any atom is 0.227 e. The van der Waals surface area contributed by atoms with Crippen molar-refractivity contribution in [1.82, 2.24) is 9.97 Å². The van der Waals surface area contributed by atoms with Gasteiger partial charge in [-0.2, -0.15) is 0 Å². The molecule has 6 nitrogen and oxygen atoms in total. The van der Waals surface area contributed by atoms with E-state index in [0.29, 0.717) is 29.0 Å². The number of nitrogens with zero attached hydrogens (tertiary/aromatic N) is 3. The van der Waals surface area contributed by atoms with Crippen LogP contribution in [0.4, 0.5) is 11.5 Å². The van der Waals surface area contributed by atoms with Crippen molar-refractivity contribution >= 4 is 29.0 Å². The van der Waals surface area contributed by atoms with Gasteiger partial charge in [0.05, 0.1) is 6.20 Å². The molecule has 1 aliphatic heterocycles. The van der Waals surface area contributed by atoms with Crippen LogP contribution in [0.25, 0.3) is 11.4 Å². The molecule has 7 heteroatoms. The number of amides is 1. The molecule has 1 aromatic carbocycles. The standard InChI is InChI=1S/C20H24ClN5O/c1-12-2-3-15(8-16(12)21)18-23-10-17(24-20(27)14-4-5-14)19(25-18)26-7-6-13(9-22)11-26/h2-3,8,10,13-14H,4-7,9,11,22H2,1H3,(H,24,27). The predicted molar refractivity (Wildman–Crippen MR) is 108 cm³/mol. The molecule has 3 N–H and O–H groups in total. The Balaban J connectivity index is 1.68.